The second kappa shape index (κ2) is 7.87. The van der Waals surface area contributed by atoms with Gasteiger partial charge in [-0.1, -0.05) is 35.0 Å². The number of benzene rings is 1. The minimum Gasteiger partial charge on any atom is -0.355 e. The molecule has 0 saturated heterocycles. The average Bonchev–Trinajstić information content (AvgIpc) is 3.26. The van der Waals surface area contributed by atoms with Crippen LogP contribution in [0.3, 0.4) is 0 Å². The molecule has 0 spiro atoms. The van der Waals surface area contributed by atoms with E-state index in [0.717, 1.165) is 17.2 Å². The highest BCUT2D eigenvalue weighted by molar-refractivity contribution is 5.93. The lowest BCUT2D eigenvalue weighted by Gasteiger charge is -2.05. The van der Waals surface area contributed by atoms with Gasteiger partial charge in [0.05, 0.1) is 0 Å². The van der Waals surface area contributed by atoms with Crippen LogP contribution in [0.5, 0.6) is 0 Å². The first-order chi connectivity index (χ1) is 13.2. The van der Waals surface area contributed by atoms with Crippen LogP contribution in [0, 0.1) is 13.8 Å². The van der Waals surface area contributed by atoms with E-state index in [1.54, 1.807) is 13.0 Å². The molecule has 2 heterocycles. The van der Waals surface area contributed by atoms with Crippen molar-refractivity contribution in [1.29, 1.82) is 0 Å². The minimum absolute atomic E-state index is 0.144. The van der Waals surface area contributed by atoms with E-state index in [1.165, 1.54) is 4.68 Å². The summed E-state index contributed by atoms with van der Waals surface area (Å²) >= 11 is 0. The van der Waals surface area contributed by atoms with Gasteiger partial charge in [0.2, 0.25) is 0 Å². The molecule has 9 heteroatoms. The number of rotatable bonds is 6. The van der Waals surface area contributed by atoms with E-state index >= 15 is 0 Å². The number of carbonyl (C=O) groups is 1. The number of nitrogens with one attached hydrogen (secondary N) is 1. The van der Waals surface area contributed by atoms with Crippen molar-refractivity contribution in [3.05, 3.63) is 59.0 Å². The molecule has 0 bridgehead atoms. The molecule has 3 rings (SSSR count). The highest BCUT2D eigenvalue weighted by Crippen LogP contribution is 2.28. The van der Waals surface area contributed by atoms with Crippen LogP contribution in [0.1, 0.15) is 33.9 Å². The van der Waals surface area contributed by atoms with E-state index in [9.17, 15) is 18.0 Å². The number of halogens is 3. The Kier molecular flexibility index (Phi) is 5.53. The Hall–Kier alpha value is -3.10. The van der Waals surface area contributed by atoms with Crippen LogP contribution in [0.4, 0.5) is 13.2 Å². The number of aryl methyl sites for hydroxylation is 3. The van der Waals surface area contributed by atoms with Gasteiger partial charge in [-0.15, -0.1) is 0 Å². The lowest BCUT2D eigenvalue weighted by Crippen LogP contribution is -2.25. The largest absolute Gasteiger partial charge is 0.435 e. The maximum atomic E-state index is 12.7. The monoisotopic (exact) mass is 392 g/mol. The highest BCUT2D eigenvalue weighted by Gasteiger charge is 2.34. The van der Waals surface area contributed by atoms with Gasteiger partial charge in [-0.25, -0.2) is 0 Å². The summed E-state index contributed by atoms with van der Waals surface area (Å²) in [6, 6.07) is 10.2. The summed E-state index contributed by atoms with van der Waals surface area (Å²) in [7, 11) is 0. The van der Waals surface area contributed by atoms with Crippen molar-refractivity contribution >= 4 is 5.91 Å². The predicted molar refractivity (Wildman–Crippen MR) is 95.6 cm³/mol. The maximum Gasteiger partial charge on any atom is 0.435 e. The molecule has 0 aliphatic rings. The molecule has 2 aromatic heterocycles. The average molecular weight is 392 g/mol. The van der Waals surface area contributed by atoms with Gasteiger partial charge in [0.25, 0.3) is 5.91 Å². The Morgan fingerprint density at radius 2 is 1.89 bits per heavy atom. The number of amides is 1. The fraction of sp³-hybridized carbons (Fsp3) is 0.316. The first-order valence-electron chi connectivity index (χ1n) is 8.67. The van der Waals surface area contributed by atoms with E-state index in [2.05, 4.69) is 15.6 Å². The molecule has 6 nitrogen and oxygen atoms in total. The van der Waals surface area contributed by atoms with Crippen LogP contribution in [0.2, 0.25) is 0 Å². The molecule has 0 radical (unpaired) electrons. The molecule has 28 heavy (non-hydrogen) atoms. The lowest BCUT2D eigenvalue weighted by atomic mass is 10.1. The van der Waals surface area contributed by atoms with Crippen LogP contribution in [-0.2, 0) is 12.7 Å². The topological polar surface area (TPSA) is 73.0 Å². The second-order valence-corrected chi connectivity index (χ2v) is 6.44. The second-order valence-electron chi connectivity index (χ2n) is 6.44. The normalized spacial score (nSPS) is 11.6. The van der Waals surface area contributed by atoms with Gasteiger partial charge < -0.3 is 9.84 Å². The van der Waals surface area contributed by atoms with Gasteiger partial charge in [-0.3, -0.25) is 9.48 Å². The molecule has 1 amide bonds. The first-order valence-corrected chi connectivity index (χ1v) is 8.67. The summed E-state index contributed by atoms with van der Waals surface area (Å²) < 4.78 is 44.5. The summed E-state index contributed by atoms with van der Waals surface area (Å²) in [6.07, 6.45) is -4.04. The van der Waals surface area contributed by atoms with Crippen molar-refractivity contribution in [2.45, 2.75) is 33.0 Å². The summed E-state index contributed by atoms with van der Waals surface area (Å²) in [5.74, 6) is 0.0762. The fourth-order valence-corrected chi connectivity index (χ4v) is 2.63. The van der Waals surface area contributed by atoms with Crippen molar-refractivity contribution in [2.75, 3.05) is 6.54 Å². The zero-order valence-electron chi connectivity index (χ0n) is 15.4. The number of hydrogen-bond acceptors (Lipinski definition) is 4. The van der Waals surface area contributed by atoms with Gasteiger partial charge >= 0.3 is 6.18 Å². The molecule has 0 aliphatic carbocycles. The van der Waals surface area contributed by atoms with Gasteiger partial charge in [0.15, 0.2) is 17.1 Å². The number of nitrogens with zero attached hydrogens (tertiary/aromatic N) is 3. The highest BCUT2D eigenvalue weighted by atomic mass is 19.4. The molecule has 0 saturated carbocycles. The van der Waals surface area contributed by atoms with Crippen LogP contribution >= 0.6 is 0 Å². The first kappa shape index (κ1) is 19.7. The minimum atomic E-state index is -4.47. The Balaban J connectivity index is 1.51. The maximum absolute atomic E-state index is 12.7. The predicted octanol–water partition coefficient (Wildman–Crippen LogP) is 3.99. The SMILES string of the molecule is Cc1ccc(-c2cc(C(=O)NCCCn3nc(C(F)(F)F)cc3C)no2)cc1. The summed E-state index contributed by atoms with van der Waals surface area (Å²) in [4.78, 5) is 12.2. The van der Waals surface area contributed by atoms with Crippen LogP contribution in [-0.4, -0.2) is 27.4 Å². The van der Waals surface area contributed by atoms with E-state index in [4.69, 9.17) is 4.52 Å². The van der Waals surface area contributed by atoms with Crippen molar-refractivity contribution in [3.8, 4) is 11.3 Å². The Morgan fingerprint density at radius 3 is 2.54 bits per heavy atom. The van der Waals surface area contributed by atoms with Crippen LogP contribution < -0.4 is 5.32 Å². The standard InChI is InChI=1S/C19H19F3N4O2/c1-12-4-6-14(7-5-12)16-11-15(25-28-16)18(27)23-8-3-9-26-13(2)10-17(24-26)19(20,21)22/h4-7,10-11H,3,8-9H2,1-2H3,(H,23,27). The molecule has 3 aromatic rings. The molecule has 148 valence electrons. The molecule has 1 N–H and O–H groups in total. The van der Waals surface area contributed by atoms with Gasteiger partial charge in [-0.2, -0.15) is 18.3 Å². The lowest BCUT2D eigenvalue weighted by molar-refractivity contribution is -0.141. The Bertz CT molecular complexity index is 958. The molecular weight excluding hydrogens is 373 g/mol. The summed E-state index contributed by atoms with van der Waals surface area (Å²) in [5.41, 5.74) is 1.56. The van der Waals surface area contributed by atoms with Crippen molar-refractivity contribution in [3.63, 3.8) is 0 Å². The number of carbonyl (C=O) groups excluding carboxylic acids is 1. The Morgan fingerprint density at radius 1 is 1.18 bits per heavy atom. The van der Waals surface area contributed by atoms with Gasteiger partial charge in [0, 0.05) is 30.4 Å². The quantitative estimate of drug-likeness (QED) is 0.644. The van der Waals surface area contributed by atoms with Crippen molar-refractivity contribution in [2.24, 2.45) is 0 Å². The smallest absolute Gasteiger partial charge is 0.355 e. The third-order valence-electron chi connectivity index (χ3n) is 4.18. The van der Waals surface area contributed by atoms with Crippen molar-refractivity contribution in [1.82, 2.24) is 20.3 Å². The van der Waals surface area contributed by atoms with Crippen LogP contribution in [0.15, 0.2) is 40.9 Å². The third kappa shape index (κ3) is 4.59. The van der Waals surface area contributed by atoms with Gasteiger partial charge in [-0.05, 0) is 26.3 Å². The van der Waals surface area contributed by atoms with E-state index in [-0.39, 0.29) is 18.8 Å². The third-order valence-corrected chi connectivity index (χ3v) is 4.18. The zero-order chi connectivity index (χ0) is 20.3. The number of hydrogen-bond donors (Lipinski definition) is 1. The Labute approximate surface area is 159 Å². The van der Waals surface area contributed by atoms with Gasteiger partial charge in [0.1, 0.15) is 0 Å². The van der Waals surface area contributed by atoms with Crippen LogP contribution in [0.25, 0.3) is 11.3 Å². The molecule has 0 fully saturated rings. The van der Waals surface area contributed by atoms with E-state index < -0.39 is 17.8 Å². The molecular formula is C19H19F3N4O2. The number of alkyl halides is 3. The molecule has 0 aliphatic heterocycles. The van der Waals surface area contributed by atoms with E-state index in [1.807, 2.05) is 31.2 Å². The summed E-state index contributed by atoms with van der Waals surface area (Å²) in [6.45, 7) is 4.06. The summed E-state index contributed by atoms with van der Waals surface area (Å²) in [5, 5.41) is 9.99. The molecule has 0 unspecified atom stereocenters. The van der Waals surface area contributed by atoms with Crippen molar-refractivity contribution < 1.29 is 22.5 Å². The molecule has 1 aromatic carbocycles. The van der Waals surface area contributed by atoms with E-state index in [0.29, 0.717) is 17.9 Å². The fourth-order valence-electron chi connectivity index (χ4n) is 2.63. The zero-order valence-corrected chi connectivity index (χ0v) is 15.4. The number of aromatic nitrogens is 3. The molecule has 0 atom stereocenters.